The van der Waals surface area contributed by atoms with Gasteiger partial charge in [-0.2, -0.15) is 13.2 Å². The van der Waals surface area contributed by atoms with Gasteiger partial charge in [0, 0.05) is 16.1 Å². The SMILES string of the molecule is CC1Sc2ccc(C(=O)Nc3ccc(S(=O)(=O)Nc4ccccc4)cc3C(F)(F)F)cc2NC1=O. The van der Waals surface area contributed by atoms with Crippen LogP contribution in [0.15, 0.2) is 76.5 Å². The lowest BCUT2D eigenvalue weighted by molar-refractivity contribution is -0.137. The Hall–Kier alpha value is -3.51. The quantitative estimate of drug-likeness (QED) is 0.429. The van der Waals surface area contributed by atoms with E-state index in [0.29, 0.717) is 11.8 Å². The summed E-state index contributed by atoms with van der Waals surface area (Å²) >= 11 is 1.30. The highest BCUT2D eigenvalue weighted by molar-refractivity contribution is 8.01. The largest absolute Gasteiger partial charge is 0.418 e. The number of thioether (sulfide) groups is 1. The van der Waals surface area contributed by atoms with Crippen molar-refractivity contribution in [2.45, 2.75) is 28.1 Å². The number of anilines is 3. The van der Waals surface area contributed by atoms with Gasteiger partial charge >= 0.3 is 6.18 Å². The van der Waals surface area contributed by atoms with E-state index < -0.39 is 38.3 Å². The van der Waals surface area contributed by atoms with Gasteiger partial charge in [0.05, 0.1) is 27.1 Å². The zero-order chi connectivity index (χ0) is 25.4. The third kappa shape index (κ3) is 5.43. The molecule has 0 saturated heterocycles. The maximum absolute atomic E-state index is 13.8. The zero-order valence-electron chi connectivity index (χ0n) is 18.0. The molecule has 3 aromatic carbocycles. The molecular formula is C23H18F3N3O4S2. The van der Waals surface area contributed by atoms with Crippen molar-refractivity contribution in [2.24, 2.45) is 0 Å². The van der Waals surface area contributed by atoms with Gasteiger partial charge in [-0.3, -0.25) is 14.3 Å². The molecule has 2 amide bonds. The standard InChI is InChI=1S/C23H18F3N3O4S2/c1-13-21(30)28-19-11-14(7-10-20(19)34-13)22(31)27-18-9-8-16(12-17(18)23(24,25)26)35(32,33)29-15-5-3-2-4-6-15/h2-13,29H,1H3,(H,27,31)(H,28,30). The molecule has 0 fully saturated rings. The summed E-state index contributed by atoms with van der Waals surface area (Å²) in [6.07, 6.45) is -4.95. The maximum atomic E-state index is 13.8. The molecule has 0 aliphatic carbocycles. The van der Waals surface area contributed by atoms with E-state index in [4.69, 9.17) is 0 Å². The van der Waals surface area contributed by atoms with Crippen molar-refractivity contribution in [1.29, 1.82) is 0 Å². The molecule has 7 nitrogen and oxygen atoms in total. The number of carbonyl (C=O) groups is 2. The molecule has 4 rings (SSSR count). The van der Waals surface area contributed by atoms with E-state index in [1.54, 1.807) is 31.2 Å². The van der Waals surface area contributed by atoms with Gasteiger partial charge in [0.25, 0.3) is 15.9 Å². The van der Waals surface area contributed by atoms with Gasteiger partial charge < -0.3 is 10.6 Å². The van der Waals surface area contributed by atoms with E-state index in [9.17, 15) is 31.2 Å². The van der Waals surface area contributed by atoms with Gasteiger partial charge in [-0.25, -0.2) is 8.42 Å². The third-order valence-corrected chi connectivity index (χ3v) is 7.61. The lowest BCUT2D eigenvalue weighted by Crippen LogP contribution is -2.26. The van der Waals surface area contributed by atoms with Gasteiger partial charge in [0.15, 0.2) is 0 Å². The van der Waals surface area contributed by atoms with Crippen LogP contribution in [0.25, 0.3) is 0 Å². The van der Waals surface area contributed by atoms with Crippen LogP contribution in [0.1, 0.15) is 22.8 Å². The van der Waals surface area contributed by atoms with Gasteiger partial charge in [0.2, 0.25) is 5.91 Å². The molecule has 3 aromatic rings. The predicted octanol–water partition coefficient (Wildman–Crippen LogP) is 5.19. The summed E-state index contributed by atoms with van der Waals surface area (Å²) < 4.78 is 68.8. The number of hydrogen-bond donors (Lipinski definition) is 3. The van der Waals surface area contributed by atoms with Crippen LogP contribution in [0, 0.1) is 0 Å². The summed E-state index contributed by atoms with van der Waals surface area (Å²) in [4.78, 5) is 24.7. The minimum Gasteiger partial charge on any atom is -0.324 e. The van der Waals surface area contributed by atoms with Crippen molar-refractivity contribution in [3.63, 3.8) is 0 Å². The molecule has 1 aliphatic heterocycles. The molecule has 0 saturated carbocycles. The number of para-hydroxylation sites is 1. The van der Waals surface area contributed by atoms with Crippen LogP contribution < -0.4 is 15.4 Å². The zero-order valence-corrected chi connectivity index (χ0v) is 19.6. The Labute approximate surface area is 203 Å². The second-order valence-corrected chi connectivity index (χ2v) is 10.7. The smallest absolute Gasteiger partial charge is 0.324 e. The van der Waals surface area contributed by atoms with Crippen LogP contribution in [-0.4, -0.2) is 25.5 Å². The Balaban J connectivity index is 1.62. The average Bonchev–Trinajstić information content (AvgIpc) is 2.79. The summed E-state index contributed by atoms with van der Waals surface area (Å²) in [5, 5.41) is 4.53. The topological polar surface area (TPSA) is 104 Å². The summed E-state index contributed by atoms with van der Waals surface area (Å²) in [6.45, 7) is 1.72. The lowest BCUT2D eigenvalue weighted by Gasteiger charge is -2.22. The highest BCUT2D eigenvalue weighted by atomic mass is 32.2. The minimum absolute atomic E-state index is 0.0229. The summed E-state index contributed by atoms with van der Waals surface area (Å²) in [7, 11) is -4.32. The number of amides is 2. The summed E-state index contributed by atoms with van der Waals surface area (Å²) in [6, 6.07) is 14.4. The monoisotopic (exact) mass is 521 g/mol. The van der Waals surface area contributed by atoms with Crippen molar-refractivity contribution in [1.82, 2.24) is 0 Å². The molecule has 35 heavy (non-hydrogen) atoms. The van der Waals surface area contributed by atoms with Crippen molar-refractivity contribution in [3.05, 3.63) is 77.9 Å². The Kier molecular flexibility index (Phi) is 6.52. The van der Waals surface area contributed by atoms with Gasteiger partial charge in [0.1, 0.15) is 0 Å². The number of sulfonamides is 1. The minimum atomic E-state index is -4.95. The lowest BCUT2D eigenvalue weighted by atomic mass is 10.1. The van der Waals surface area contributed by atoms with Gasteiger partial charge in [-0.05, 0) is 55.5 Å². The number of benzene rings is 3. The third-order valence-electron chi connectivity index (χ3n) is 5.05. The number of hydrogen-bond acceptors (Lipinski definition) is 5. The van der Waals surface area contributed by atoms with E-state index in [0.717, 1.165) is 17.0 Å². The molecule has 1 heterocycles. The van der Waals surface area contributed by atoms with Crippen LogP contribution in [0.5, 0.6) is 0 Å². The van der Waals surface area contributed by atoms with Crippen LogP contribution >= 0.6 is 11.8 Å². The van der Waals surface area contributed by atoms with Crippen molar-refractivity contribution >= 4 is 50.7 Å². The number of carbonyl (C=O) groups excluding carboxylic acids is 2. The number of halogens is 3. The molecule has 12 heteroatoms. The van der Waals surface area contributed by atoms with Crippen LogP contribution in [0.4, 0.5) is 30.2 Å². The van der Waals surface area contributed by atoms with E-state index in [1.165, 1.54) is 36.0 Å². The molecule has 0 radical (unpaired) electrons. The van der Waals surface area contributed by atoms with E-state index in [2.05, 4.69) is 15.4 Å². The van der Waals surface area contributed by atoms with E-state index in [-0.39, 0.29) is 22.4 Å². The highest BCUT2D eigenvalue weighted by Gasteiger charge is 2.35. The molecule has 3 N–H and O–H groups in total. The first-order valence-electron chi connectivity index (χ1n) is 10.2. The fourth-order valence-corrected chi connectivity index (χ4v) is 5.31. The Bertz CT molecular complexity index is 1410. The Morgan fingerprint density at radius 2 is 1.74 bits per heavy atom. The number of alkyl halides is 3. The molecule has 0 bridgehead atoms. The normalized spacial score (nSPS) is 15.7. The summed E-state index contributed by atoms with van der Waals surface area (Å²) in [5.74, 6) is -1.10. The number of rotatable bonds is 5. The number of nitrogens with one attached hydrogen (secondary N) is 3. The average molecular weight is 522 g/mol. The van der Waals surface area contributed by atoms with Crippen LogP contribution in [0.2, 0.25) is 0 Å². The Morgan fingerprint density at radius 3 is 2.43 bits per heavy atom. The second kappa shape index (κ2) is 9.27. The van der Waals surface area contributed by atoms with Crippen LogP contribution in [0.3, 0.4) is 0 Å². The molecule has 182 valence electrons. The Morgan fingerprint density at radius 1 is 1.03 bits per heavy atom. The molecule has 0 spiro atoms. The maximum Gasteiger partial charge on any atom is 0.418 e. The van der Waals surface area contributed by atoms with Crippen molar-refractivity contribution in [2.75, 3.05) is 15.4 Å². The van der Waals surface area contributed by atoms with Crippen molar-refractivity contribution < 1.29 is 31.2 Å². The highest BCUT2D eigenvalue weighted by Crippen LogP contribution is 2.38. The molecule has 1 aliphatic rings. The molecular weight excluding hydrogens is 503 g/mol. The fourth-order valence-electron chi connectivity index (χ4n) is 3.30. The van der Waals surface area contributed by atoms with E-state index in [1.807, 2.05) is 0 Å². The van der Waals surface area contributed by atoms with Crippen molar-refractivity contribution in [3.8, 4) is 0 Å². The first-order valence-corrected chi connectivity index (χ1v) is 12.5. The van der Waals surface area contributed by atoms with Gasteiger partial charge in [-0.1, -0.05) is 18.2 Å². The second-order valence-electron chi connectivity index (χ2n) is 7.59. The number of fused-ring (bicyclic) bond motifs is 1. The molecule has 1 atom stereocenters. The fraction of sp³-hybridized carbons (Fsp3) is 0.130. The predicted molar refractivity (Wildman–Crippen MR) is 127 cm³/mol. The first-order chi connectivity index (χ1) is 16.4. The van der Waals surface area contributed by atoms with Gasteiger partial charge in [-0.15, -0.1) is 11.8 Å². The van der Waals surface area contributed by atoms with Crippen LogP contribution in [-0.2, 0) is 21.0 Å². The first kappa shape index (κ1) is 24.6. The molecule has 0 aromatic heterocycles. The van der Waals surface area contributed by atoms with E-state index >= 15 is 0 Å². The summed E-state index contributed by atoms with van der Waals surface area (Å²) in [5.41, 5.74) is -1.33. The molecule has 1 unspecified atom stereocenters.